The molecule has 0 fully saturated rings. The van der Waals surface area contributed by atoms with Gasteiger partial charge in [0.05, 0.1) is 0 Å². The Morgan fingerprint density at radius 3 is 2.33 bits per heavy atom. The zero-order valence-electron chi connectivity index (χ0n) is 12.3. The fourth-order valence-corrected chi connectivity index (χ4v) is 2.89. The summed E-state index contributed by atoms with van der Waals surface area (Å²) in [6.45, 7) is 4.27. The van der Waals surface area contributed by atoms with Gasteiger partial charge in [-0.1, -0.05) is 42.8 Å². The second-order valence-electron chi connectivity index (χ2n) is 5.28. The topological polar surface area (TPSA) is 12.0 Å². The molecule has 0 aromatic heterocycles. The molecule has 2 rings (SSSR count). The van der Waals surface area contributed by atoms with E-state index in [0.717, 1.165) is 31.0 Å². The van der Waals surface area contributed by atoms with Crippen LogP contribution < -0.4 is 5.32 Å². The summed E-state index contributed by atoms with van der Waals surface area (Å²) in [5.74, 6) is 0.480. The van der Waals surface area contributed by atoms with Crippen molar-refractivity contribution >= 4 is 34.2 Å². The third-order valence-electron chi connectivity index (χ3n) is 3.55. The standard InChI is InChI=1S/C18H21ClIN/c1-2-11-21-13-16(15-5-7-17(19)8-6-15)12-14-3-9-18(20)10-4-14/h3-10,16,21H,2,11-13H2,1H3. The molecule has 0 saturated carbocycles. The van der Waals surface area contributed by atoms with Crippen LogP contribution in [0.1, 0.15) is 30.4 Å². The fraction of sp³-hybridized carbons (Fsp3) is 0.333. The normalized spacial score (nSPS) is 12.3. The lowest BCUT2D eigenvalue weighted by molar-refractivity contribution is 0.576. The minimum absolute atomic E-state index is 0.480. The average Bonchev–Trinajstić information content (AvgIpc) is 2.49. The molecule has 0 radical (unpaired) electrons. The molecule has 0 bridgehead atoms. The molecule has 0 spiro atoms. The van der Waals surface area contributed by atoms with E-state index in [1.807, 2.05) is 12.1 Å². The molecule has 0 aliphatic heterocycles. The van der Waals surface area contributed by atoms with Crippen LogP contribution in [0.25, 0.3) is 0 Å². The van der Waals surface area contributed by atoms with Gasteiger partial charge in [0.1, 0.15) is 0 Å². The van der Waals surface area contributed by atoms with Crippen molar-refractivity contribution in [3.8, 4) is 0 Å². The predicted molar refractivity (Wildman–Crippen MR) is 100 cm³/mol. The van der Waals surface area contributed by atoms with Crippen molar-refractivity contribution in [3.05, 3.63) is 68.3 Å². The summed E-state index contributed by atoms with van der Waals surface area (Å²) in [6, 6.07) is 17.1. The predicted octanol–water partition coefficient (Wildman–Crippen LogP) is 5.27. The monoisotopic (exact) mass is 413 g/mol. The Morgan fingerprint density at radius 2 is 1.71 bits per heavy atom. The summed E-state index contributed by atoms with van der Waals surface area (Å²) in [7, 11) is 0. The van der Waals surface area contributed by atoms with Crippen LogP contribution in [-0.4, -0.2) is 13.1 Å². The first kappa shape index (κ1) is 16.8. The number of benzene rings is 2. The van der Waals surface area contributed by atoms with E-state index in [9.17, 15) is 0 Å². The Hall–Kier alpha value is -0.580. The molecule has 1 atom stereocenters. The van der Waals surface area contributed by atoms with E-state index in [2.05, 4.69) is 71.2 Å². The molecule has 0 heterocycles. The molecule has 2 aromatic carbocycles. The van der Waals surface area contributed by atoms with Gasteiger partial charge in [-0.15, -0.1) is 0 Å². The maximum absolute atomic E-state index is 6.00. The first-order valence-corrected chi connectivity index (χ1v) is 8.85. The summed E-state index contributed by atoms with van der Waals surface area (Å²) >= 11 is 8.35. The molecular weight excluding hydrogens is 393 g/mol. The van der Waals surface area contributed by atoms with E-state index >= 15 is 0 Å². The molecule has 0 saturated heterocycles. The quantitative estimate of drug-likeness (QED) is 0.481. The van der Waals surface area contributed by atoms with Crippen LogP contribution in [0.15, 0.2) is 48.5 Å². The van der Waals surface area contributed by atoms with Gasteiger partial charge in [-0.25, -0.2) is 0 Å². The van der Waals surface area contributed by atoms with E-state index < -0.39 is 0 Å². The zero-order chi connectivity index (χ0) is 15.1. The Morgan fingerprint density at radius 1 is 1.05 bits per heavy atom. The molecule has 1 nitrogen and oxygen atoms in total. The molecule has 21 heavy (non-hydrogen) atoms. The Balaban J connectivity index is 2.11. The van der Waals surface area contributed by atoms with Crippen LogP contribution >= 0.6 is 34.2 Å². The van der Waals surface area contributed by atoms with Gasteiger partial charge in [-0.2, -0.15) is 0 Å². The molecule has 112 valence electrons. The van der Waals surface area contributed by atoms with Crippen LogP contribution in [0, 0.1) is 3.57 Å². The molecule has 0 aliphatic rings. The molecule has 1 N–H and O–H groups in total. The summed E-state index contributed by atoms with van der Waals surface area (Å²) < 4.78 is 1.28. The first-order valence-electron chi connectivity index (χ1n) is 7.39. The van der Waals surface area contributed by atoms with Crippen molar-refractivity contribution in [3.63, 3.8) is 0 Å². The van der Waals surface area contributed by atoms with E-state index in [4.69, 9.17) is 11.6 Å². The molecule has 1 unspecified atom stereocenters. The summed E-state index contributed by atoms with van der Waals surface area (Å²) in [5, 5.41) is 4.34. The molecule has 0 amide bonds. The number of hydrogen-bond donors (Lipinski definition) is 1. The molecular formula is C18H21ClIN. The number of halogens is 2. The smallest absolute Gasteiger partial charge is 0.0406 e. The van der Waals surface area contributed by atoms with Crippen molar-refractivity contribution in [2.24, 2.45) is 0 Å². The highest BCUT2D eigenvalue weighted by Gasteiger charge is 2.12. The van der Waals surface area contributed by atoms with Crippen molar-refractivity contribution in [2.75, 3.05) is 13.1 Å². The van der Waals surface area contributed by atoms with Crippen LogP contribution in [0.4, 0.5) is 0 Å². The van der Waals surface area contributed by atoms with Crippen LogP contribution in [0.2, 0.25) is 5.02 Å². The largest absolute Gasteiger partial charge is 0.316 e. The third-order valence-corrected chi connectivity index (χ3v) is 4.53. The Kier molecular flexibility index (Phi) is 7.00. The second kappa shape index (κ2) is 8.76. The first-order chi connectivity index (χ1) is 10.2. The van der Waals surface area contributed by atoms with Gasteiger partial charge >= 0.3 is 0 Å². The lowest BCUT2D eigenvalue weighted by atomic mass is 9.92. The summed E-state index contributed by atoms with van der Waals surface area (Å²) in [6.07, 6.45) is 2.21. The van der Waals surface area contributed by atoms with Crippen molar-refractivity contribution in [1.29, 1.82) is 0 Å². The van der Waals surface area contributed by atoms with Gasteiger partial charge in [0.25, 0.3) is 0 Å². The highest BCUT2D eigenvalue weighted by atomic mass is 127. The maximum atomic E-state index is 6.00. The lowest BCUT2D eigenvalue weighted by Crippen LogP contribution is -2.23. The molecule has 2 aromatic rings. The lowest BCUT2D eigenvalue weighted by Gasteiger charge is -2.18. The van der Waals surface area contributed by atoms with E-state index in [0.29, 0.717) is 5.92 Å². The fourth-order valence-electron chi connectivity index (χ4n) is 2.40. The van der Waals surface area contributed by atoms with Crippen LogP contribution in [-0.2, 0) is 6.42 Å². The molecule has 3 heteroatoms. The molecule has 0 aliphatic carbocycles. The zero-order valence-corrected chi connectivity index (χ0v) is 15.2. The average molecular weight is 414 g/mol. The number of nitrogens with one attached hydrogen (secondary N) is 1. The van der Waals surface area contributed by atoms with Gasteiger partial charge in [0, 0.05) is 21.1 Å². The highest BCUT2D eigenvalue weighted by molar-refractivity contribution is 14.1. The van der Waals surface area contributed by atoms with Gasteiger partial charge in [0.2, 0.25) is 0 Å². The van der Waals surface area contributed by atoms with Gasteiger partial charge in [0.15, 0.2) is 0 Å². The van der Waals surface area contributed by atoms with E-state index in [1.54, 1.807) is 0 Å². The van der Waals surface area contributed by atoms with Gasteiger partial charge < -0.3 is 5.32 Å². The van der Waals surface area contributed by atoms with E-state index in [-0.39, 0.29) is 0 Å². The Bertz CT molecular complexity index is 536. The second-order valence-corrected chi connectivity index (χ2v) is 6.97. The minimum atomic E-state index is 0.480. The minimum Gasteiger partial charge on any atom is -0.316 e. The number of hydrogen-bond acceptors (Lipinski definition) is 1. The maximum Gasteiger partial charge on any atom is 0.0406 e. The highest BCUT2D eigenvalue weighted by Crippen LogP contribution is 2.23. The summed E-state index contributed by atoms with van der Waals surface area (Å²) in [4.78, 5) is 0. The van der Waals surface area contributed by atoms with E-state index in [1.165, 1.54) is 14.7 Å². The van der Waals surface area contributed by atoms with Gasteiger partial charge in [-0.3, -0.25) is 0 Å². The summed E-state index contributed by atoms with van der Waals surface area (Å²) in [5.41, 5.74) is 2.73. The van der Waals surface area contributed by atoms with Crippen LogP contribution in [0.5, 0.6) is 0 Å². The van der Waals surface area contributed by atoms with Gasteiger partial charge in [-0.05, 0) is 77.4 Å². The Labute approximate surface area is 146 Å². The number of rotatable bonds is 7. The SMILES string of the molecule is CCCNCC(Cc1ccc(I)cc1)c1ccc(Cl)cc1. The van der Waals surface area contributed by atoms with Crippen molar-refractivity contribution in [1.82, 2.24) is 5.32 Å². The third kappa shape index (κ3) is 5.61. The van der Waals surface area contributed by atoms with Crippen molar-refractivity contribution in [2.45, 2.75) is 25.7 Å². The van der Waals surface area contributed by atoms with Crippen LogP contribution in [0.3, 0.4) is 0 Å². The van der Waals surface area contributed by atoms with Crippen molar-refractivity contribution < 1.29 is 0 Å².